The summed E-state index contributed by atoms with van der Waals surface area (Å²) in [6.07, 6.45) is 5.30. The molecule has 7 heteroatoms. The number of amides is 1. The Labute approximate surface area is 202 Å². The van der Waals surface area contributed by atoms with Crippen molar-refractivity contribution >= 4 is 28.4 Å². The fourth-order valence-electron chi connectivity index (χ4n) is 4.50. The Kier molecular flexibility index (Phi) is 4.76. The van der Waals surface area contributed by atoms with Crippen molar-refractivity contribution in [3.8, 4) is 17.1 Å². The van der Waals surface area contributed by atoms with E-state index in [0.29, 0.717) is 11.8 Å². The Morgan fingerprint density at radius 1 is 0.914 bits per heavy atom. The molecule has 3 aromatic carbocycles. The molecule has 2 heterocycles. The van der Waals surface area contributed by atoms with Crippen molar-refractivity contribution in [2.24, 2.45) is 0 Å². The summed E-state index contributed by atoms with van der Waals surface area (Å²) in [6.45, 7) is 3.70. The Morgan fingerprint density at radius 3 is 2.37 bits per heavy atom. The summed E-state index contributed by atoms with van der Waals surface area (Å²) in [5.74, 6) is 0.367. The number of anilines is 1. The van der Waals surface area contributed by atoms with Gasteiger partial charge in [-0.05, 0) is 67.1 Å². The number of carbonyl (C=O) groups is 2. The van der Waals surface area contributed by atoms with E-state index in [1.54, 1.807) is 23.8 Å². The average Bonchev–Trinajstić information content (AvgIpc) is 3.40. The molecule has 1 aliphatic heterocycles. The minimum Gasteiger partial charge on any atom is -0.335 e. The molecule has 1 aromatic heterocycles. The third-order valence-electron chi connectivity index (χ3n) is 6.33. The van der Waals surface area contributed by atoms with E-state index in [4.69, 9.17) is 14.8 Å². The summed E-state index contributed by atoms with van der Waals surface area (Å²) in [5.41, 5.74) is 1.44. The fraction of sp³-hybridized carbons (Fsp3) is 0.143. The number of aryl methyl sites for hydroxylation is 1. The minimum absolute atomic E-state index is 0.164. The summed E-state index contributed by atoms with van der Waals surface area (Å²) in [6, 6.07) is 22.0. The summed E-state index contributed by atoms with van der Waals surface area (Å²) >= 11 is 0. The Balaban J connectivity index is 1.55. The van der Waals surface area contributed by atoms with Gasteiger partial charge in [0.15, 0.2) is 17.3 Å². The van der Waals surface area contributed by atoms with E-state index in [2.05, 4.69) is 6.07 Å². The van der Waals surface area contributed by atoms with Gasteiger partial charge in [0.2, 0.25) is 5.95 Å². The molecular formula is C28H22N4O3. The molecule has 0 radical (unpaired) electrons. The molecular weight excluding hydrogens is 440 g/mol. The molecule has 2 aliphatic rings. The molecule has 172 valence electrons. The summed E-state index contributed by atoms with van der Waals surface area (Å²) < 4.78 is 7.73. The van der Waals surface area contributed by atoms with E-state index >= 15 is 0 Å². The van der Waals surface area contributed by atoms with Crippen LogP contribution in [0.2, 0.25) is 0 Å². The van der Waals surface area contributed by atoms with E-state index in [9.17, 15) is 9.59 Å². The molecule has 1 aliphatic carbocycles. The third-order valence-corrected chi connectivity index (χ3v) is 6.33. The average molecular weight is 463 g/mol. The van der Waals surface area contributed by atoms with Gasteiger partial charge in [-0.2, -0.15) is 9.67 Å². The third kappa shape index (κ3) is 3.48. The van der Waals surface area contributed by atoms with Crippen LogP contribution in [0, 0.1) is 6.92 Å². The highest BCUT2D eigenvalue weighted by atomic mass is 16.5. The molecule has 1 atom stereocenters. The second kappa shape index (κ2) is 7.85. The molecule has 1 amide bonds. The van der Waals surface area contributed by atoms with Crippen LogP contribution in [0.25, 0.3) is 27.8 Å². The number of carbonyl (C=O) groups excluding carboxylic acids is 2. The molecule has 1 saturated heterocycles. The maximum atomic E-state index is 13.4. The molecule has 1 spiro atoms. The summed E-state index contributed by atoms with van der Waals surface area (Å²) in [7, 11) is 0. The number of hydrogen-bond donors (Lipinski definition) is 0. The Bertz CT molecular complexity index is 1530. The first kappa shape index (κ1) is 21.2. The van der Waals surface area contributed by atoms with Gasteiger partial charge >= 0.3 is 0 Å². The van der Waals surface area contributed by atoms with Gasteiger partial charge in [-0.25, -0.2) is 4.90 Å². The van der Waals surface area contributed by atoms with Crippen molar-refractivity contribution in [3.63, 3.8) is 0 Å². The SMILES string of the molecule is Cc1ccc(-n2nc(-c3ccc4ccccc4c3)nc2N2C(=O)C(C)OC23C=CC(=O)C=C3)cc1. The lowest BCUT2D eigenvalue weighted by molar-refractivity contribution is -0.121. The number of nitrogens with zero attached hydrogens (tertiary/aromatic N) is 4. The first-order valence-electron chi connectivity index (χ1n) is 11.4. The first-order chi connectivity index (χ1) is 16.9. The zero-order valence-corrected chi connectivity index (χ0v) is 19.3. The van der Waals surface area contributed by atoms with Crippen molar-refractivity contribution in [1.29, 1.82) is 0 Å². The highest BCUT2D eigenvalue weighted by molar-refractivity contribution is 6.04. The lowest BCUT2D eigenvalue weighted by atomic mass is 10.1. The maximum absolute atomic E-state index is 13.4. The van der Waals surface area contributed by atoms with Gasteiger partial charge in [0.1, 0.15) is 6.10 Å². The second-order valence-corrected chi connectivity index (χ2v) is 8.80. The second-order valence-electron chi connectivity index (χ2n) is 8.80. The lowest BCUT2D eigenvalue weighted by Crippen LogP contribution is -2.46. The molecule has 0 N–H and O–H groups in total. The zero-order valence-electron chi connectivity index (χ0n) is 19.3. The topological polar surface area (TPSA) is 77.3 Å². The Morgan fingerprint density at radius 2 is 1.63 bits per heavy atom. The number of aromatic nitrogens is 3. The highest BCUT2D eigenvalue weighted by Crippen LogP contribution is 2.38. The normalized spacial score (nSPS) is 18.8. The van der Waals surface area contributed by atoms with Gasteiger partial charge in [-0.1, -0.05) is 54.1 Å². The monoisotopic (exact) mass is 462 g/mol. The van der Waals surface area contributed by atoms with Crippen LogP contribution >= 0.6 is 0 Å². The number of hydrogen-bond acceptors (Lipinski definition) is 5. The van der Waals surface area contributed by atoms with Crippen LogP contribution < -0.4 is 4.90 Å². The van der Waals surface area contributed by atoms with Crippen molar-refractivity contribution in [2.75, 3.05) is 4.90 Å². The first-order valence-corrected chi connectivity index (χ1v) is 11.4. The molecule has 7 nitrogen and oxygen atoms in total. The molecule has 1 fully saturated rings. The summed E-state index contributed by atoms with van der Waals surface area (Å²) in [5, 5.41) is 7.01. The van der Waals surface area contributed by atoms with Crippen molar-refractivity contribution in [2.45, 2.75) is 25.7 Å². The molecule has 6 rings (SSSR count). The number of ether oxygens (including phenoxy) is 1. The molecule has 1 unspecified atom stereocenters. The van der Waals surface area contributed by atoms with E-state index < -0.39 is 11.8 Å². The van der Waals surface area contributed by atoms with Crippen molar-refractivity contribution in [1.82, 2.24) is 14.8 Å². The number of allylic oxidation sites excluding steroid dienone is 2. The van der Waals surface area contributed by atoms with Crippen LogP contribution in [-0.2, 0) is 14.3 Å². The van der Waals surface area contributed by atoms with Gasteiger partial charge in [0.05, 0.1) is 5.69 Å². The van der Waals surface area contributed by atoms with Crippen LogP contribution in [0.3, 0.4) is 0 Å². The molecule has 4 aromatic rings. The van der Waals surface area contributed by atoms with Gasteiger partial charge in [0, 0.05) is 5.56 Å². The largest absolute Gasteiger partial charge is 0.335 e. The predicted molar refractivity (Wildman–Crippen MR) is 133 cm³/mol. The maximum Gasteiger partial charge on any atom is 0.261 e. The van der Waals surface area contributed by atoms with Gasteiger partial charge in [0.25, 0.3) is 5.91 Å². The molecule has 35 heavy (non-hydrogen) atoms. The zero-order chi connectivity index (χ0) is 24.2. The van der Waals surface area contributed by atoms with Gasteiger partial charge in [-0.3, -0.25) is 9.59 Å². The predicted octanol–water partition coefficient (Wildman–Crippen LogP) is 4.54. The highest BCUT2D eigenvalue weighted by Gasteiger charge is 2.51. The van der Waals surface area contributed by atoms with Gasteiger partial charge < -0.3 is 4.74 Å². The lowest BCUT2D eigenvalue weighted by Gasteiger charge is -2.31. The quantitative estimate of drug-likeness (QED) is 0.447. The Hall–Kier alpha value is -4.36. The molecule has 0 bridgehead atoms. The summed E-state index contributed by atoms with van der Waals surface area (Å²) in [4.78, 5) is 31.6. The van der Waals surface area contributed by atoms with Crippen LogP contribution in [-0.4, -0.2) is 38.3 Å². The van der Waals surface area contributed by atoms with Gasteiger partial charge in [-0.15, -0.1) is 5.10 Å². The van der Waals surface area contributed by atoms with Crippen LogP contribution in [0.1, 0.15) is 12.5 Å². The standard InChI is InChI=1S/C28H22N4O3/c1-18-7-11-23(12-8-18)32-27(31-26(34)19(2)35-28(31)15-13-24(33)14-16-28)29-25(30-32)22-10-9-20-5-3-4-6-21(20)17-22/h3-17,19H,1-2H3. The van der Waals surface area contributed by atoms with E-state index in [-0.39, 0.29) is 11.7 Å². The van der Waals surface area contributed by atoms with Crippen LogP contribution in [0.4, 0.5) is 5.95 Å². The van der Waals surface area contributed by atoms with E-state index in [1.807, 2.05) is 67.6 Å². The minimum atomic E-state index is -1.25. The van der Waals surface area contributed by atoms with Crippen LogP contribution in [0.15, 0.2) is 91.0 Å². The number of ketones is 1. The number of fused-ring (bicyclic) bond motifs is 1. The van der Waals surface area contributed by atoms with Crippen LogP contribution in [0.5, 0.6) is 0 Å². The van der Waals surface area contributed by atoms with Crippen molar-refractivity contribution in [3.05, 3.63) is 96.6 Å². The van der Waals surface area contributed by atoms with E-state index in [1.165, 1.54) is 17.1 Å². The number of rotatable bonds is 3. The fourth-order valence-corrected chi connectivity index (χ4v) is 4.50. The molecule has 0 saturated carbocycles. The smallest absolute Gasteiger partial charge is 0.261 e. The van der Waals surface area contributed by atoms with E-state index in [0.717, 1.165) is 27.6 Å². The van der Waals surface area contributed by atoms with Crippen molar-refractivity contribution < 1.29 is 14.3 Å². The number of benzene rings is 3.